The van der Waals surface area contributed by atoms with Gasteiger partial charge in [0.05, 0.1) is 10.6 Å². The van der Waals surface area contributed by atoms with E-state index in [-0.39, 0.29) is 16.8 Å². The van der Waals surface area contributed by atoms with E-state index in [2.05, 4.69) is 15.2 Å². The van der Waals surface area contributed by atoms with Crippen LogP contribution in [0.15, 0.2) is 53.6 Å². The zero-order chi connectivity index (χ0) is 21.7. The third-order valence-corrected chi connectivity index (χ3v) is 7.98. The Kier molecular flexibility index (Phi) is 6.99. The highest BCUT2D eigenvalue weighted by molar-refractivity contribution is 7.89. The molecule has 0 saturated carbocycles. The smallest absolute Gasteiger partial charge is 0.251 e. The maximum Gasteiger partial charge on any atom is 0.251 e. The van der Waals surface area contributed by atoms with Crippen molar-refractivity contribution < 1.29 is 13.2 Å². The van der Waals surface area contributed by atoms with Gasteiger partial charge >= 0.3 is 0 Å². The molecule has 1 aromatic carbocycles. The van der Waals surface area contributed by atoms with Gasteiger partial charge in [-0.2, -0.15) is 4.31 Å². The number of pyridine rings is 1. The molecular formula is C23H30N4O3S. The first-order valence-corrected chi connectivity index (χ1v) is 12.5. The summed E-state index contributed by atoms with van der Waals surface area (Å²) in [5, 5.41) is 3.09. The average molecular weight is 443 g/mol. The molecular weight excluding hydrogens is 412 g/mol. The largest absolute Gasteiger partial charge is 0.349 e. The molecule has 8 heteroatoms. The number of carbonyl (C=O) groups is 1. The van der Waals surface area contributed by atoms with Crippen LogP contribution in [-0.2, 0) is 16.6 Å². The van der Waals surface area contributed by atoms with E-state index >= 15 is 0 Å². The topological polar surface area (TPSA) is 82.6 Å². The minimum atomic E-state index is -3.55. The summed E-state index contributed by atoms with van der Waals surface area (Å²) in [7, 11) is -3.55. The number of piperidine rings is 2. The van der Waals surface area contributed by atoms with Gasteiger partial charge in [-0.05, 0) is 56.0 Å². The number of hydrogen-bond donors (Lipinski definition) is 1. The maximum absolute atomic E-state index is 12.9. The molecule has 2 aliphatic heterocycles. The molecule has 2 aromatic rings. The fraction of sp³-hybridized carbons (Fsp3) is 0.478. The normalized spacial score (nSPS) is 19.2. The van der Waals surface area contributed by atoms with E-state index in [0.717, 1.165) is 57.4 Å². The zero-order valence-electron chi connectivity index (χ0n) is 17.7. The summed E-state index contributed by atoms with van der Waals surface area (Å²) in [6, 6.07) is 12.5. The number of rotatable bonds is 6. The fourth-order valence-electron chi connectivity index (χ4n) is 4.28. The van der Waals surface area contributed by atoms with E-state index in [1.54, 1.807) is 18.2 Å². The Labute approximate surface area is 184 Å². The Bertz CT molecular complexity index is 983. The lowest BCUT2D eigenvalue weighted by Gasteiger charge is -2.32. The van der Waals surface area contributed by atoms with Gasteiger partial charge in [0.15, 0.2) is 0 Å². The highest BCUT2D eigenvalue weighted by Crippen LogP contribution is 2.22. The third-order valence-electron chi connectivity index (χ3n) is 6.08. The third kappa shape index (κ3) is 5.50. The molecule has 166 valence electrons. The number of likely N-dealkylation sites (tertiary alicyclic amines) is 1. The van der Waals surface area contributed by atoms with Gasteiger partial charge in [0.1, 0.15) is 0 Å². The molecule has 31 heavy (non-hydrogen) atoms. The van der Waals surface area contributed by atoms with Crippen LogP contribution in [0, 0.1) is 0 Å². The lowest BCUT2D eigenvalue weighted by atomic mass is 10.0. The highest BCUT2D eigenvalue weighted by atomic mass is 32.2. The minimum absolute atomic E-state index is 0.0924. The van der Waals surface area contributed by atoms with Gasteiger partial charge in [0, 0.05) is 50.5 Å². The summed E-state index contributed by atoms with van der Waals surface area (Å²) in [6.45, 7) is 3.71. The molecule has 2 aliphatic rings. The van der Waals surface area contributed by atoms with Crippen molar-refractivity contribution in [2.75, 3.05) is 26.2 Å². The quantitative estimate of drug-likeness (QED) is 0.744. The number of carbonyl (C=O) groups excluding carboxylic acids is 1. The SMILES string of the molecule is O=C(NC1CCN(Cc2ccccn2)CC1)c1cccc(S(=O)(=O)N2CCCCC2)c1. The molecule has 0 spiro atoms. The summed E-state index contributed by atoms with van der Waals surface area (Å²) in [4.78, 5) is 19.7. The Hall–Kier alpha value is -2.29. The van der Waals surface area contributed by atoms with Gasteiger partial charge < -0.3 is 5.32 Å². The summed E-state index contributed by atoms with van der Waals surface area (Å²) in [5.41, 5.74) is 1.45. The van der Waals surface area contributed by atoms with Crippen molar-refractivity contribution in [2.45, 2.75) is 49.6 Å². The van der Waals surface area contributed by atoms with Crippen molar-refractivity contribution in [3.8, 4) is 0 Å². The second kappa shape index (κ2) is 9.89. The zero-order valence-corrected chi connectivity index (χ0v) is 18.6. The molecule has 7 nitrogen and oxygen atoms in total. The predicted molar refractivity (Wildman–Crippen MR) is 119 cm³/mol. The minimum Gasteiger partial charge on any atom is -0.349 e. The summed E-state index contributed by atoms with van der Waals surface area (Å²) in [6.07, 6.45) is 6.38. The highest BCUT2D eigenvalue weighted by Gasteiger charge is 2.27. The number of nitrogens with one attached hydrogen (secondary N) is 1. The van der Waals surface area contributed by atoms with Crippen LogP contribution in [0.1, 0.15) is 48.2 Å². The molecule has 0 bridgehead atoms. The van der Waals surface area contributed by atoms with E-state index in [1.165, 1.54) is 10.4 Å². The van der Waals surface area contributed by atoms with Crippen LogP contribution in [0.3, 0.4) is 0 Å². The molecule has 3 heterocycles. The Balaban J connectivity index is 1.33. The molecule has 1 amide bonds. The van der Waals surface area contributed by atoms with Crippen LogP contribution >= 0.6 is 0 Å². The Morgan fingerprint density at radius 2 is 1.77 bits per heavy atom. The van der Waals surface area contributed by atoms with Crippen molar-refractivity contribution in [1.82, 2.24) is 19.5 Å². The maximum atomic E-state index is 12.9. The van der Waals surface area contributed by atoms with Crippen molar-refractivity contribution in [3.05, 3.63) is 59.9 Å². The molecule has 1 aromatic heterocycles. The standard InChI is InChI=1S/C23H30N4O3S/c28-23(25-20-10-15-26(16-11-20)18-21-8-2-3-12-24-21)19-7-6-9-22(17-19)31(29,30)27-13-4-1-5-14-27/h2-3,6-9,12,17,20H,1,4-5,10-11,13-16,18H2,(H,25,28). The molecule has 0 radical (unpaired) electrons. The van der Waals surface area contributed by atoms with Gasteiger partial charge in [0.25, 0.3) is 5.91 Å². The Morgan fingerprint density at radius 1 is 1.00 bits per heavy atom. The molecule has 0 aliphatic carbocycles. The molecule has 1 N–H and O–H groups in total. The van der Waals surface area contributed by atoms with E-state index in [4.69, 9.17) is 0 Å². The van der Waals surface area contributed by atoms with Gasteiger partial charge in [-0.15, -0.1) is 0 Å². The predicted octanol–water partition coefficient (Wildman–Crippen LogP) is 2.65. The lowest BCUT2D eigenvalue weighted by molar-refractivity contribution is 0.0908. The van der Waals surface area contributed by atoms with E-state index in [9.17, 15) is 13.2 Å². The molecule has 2 saturated heterocycles. The van der Waals surface area contributed by atoms with E-state index in [1.807, 2.05) is 24.4 Å². The van der Waals surface area contributed by atoms with Crippen molar-refractivity contribution >= 4 is 15.9 Å². The van der Waals surface area contributed by atoms with Crippen LogP contribution in [0.4, 0.5) is 0 Å². The number of nitrogens with zero attached hydrogens (tertiary/aromatic N) is 3. The van der Waals surface area contributed by atoms with E-state index < -0.39 is 10.0 Å². The Morgan fingerprint density at radius 3 is 2.48 bits per heavy atom. The first-order valence-electron chi connectivity index (χ1n) is 11.1. The second-order valence-electron chi connectivity index (χ2n) is 8.34. The summed E-state index contributed by atoms with van der Waals surface area (Å²) < 4.78 is 27.4. The van der Waals surface area contributed by atoms with Crippen LogP contribution < -0.4 is 5.32 Å². The summed E-state index contributed by atoms with van der Waals surface area (Å²) >= 11 is 0. The fourth-order valence-corrected chi connectivity index (χ4v) is 5.84. The first-order chi connectivity index (χ1) is 15.0. The lowest BCUT2D eigenvalue weighted by Crippen LogP contribution is -2.44. The van der Waals surface area contributed by atoms with Crippen molar-refractivity contribution in [3.63, 3.8) is 0 Å². The van der Waals surface area contributed by atoms with Gasteiger partial charge in [0.2, 0.25) is 10.0 Å². The van der Waals surface area contributed by atoms with Gasteiger partial charge in [-0.25, -0.2) is 8.42 Å². The second-order valence-corrected chi connectivity index (χ2v) is 10.3. The van der Waals surface area contributed by atoms with Gasteiger partial charge in [-0.1, -0.05) is 18.6 Å². The molecule has 2 fully saturated rings. The first kappa shape index (κ1) is 21.9. The number of benzene rings is 1. The van der Waals surface area contributed by atoms with Crippen LogP contribution in [0.25, 0.3) is 0 Å². The summed E-state index contributed by atoms with van der Waals surface area (Å²) in [5.74, 6) is -0.209. The number of sulfonamides is 1. The van der Waals surface area contributed by atoms with Crippen LogP contribution in [-0.4, -0.2) is 60.7 Å². The monoisotopic (exact) mass is 442 g/mol. The van der Waals surface area contributed by atoms with Crippen LogP contribution in [0.5, 0.6) is 0 Å². The molecule has 4 rings (SSSR count). The van der Waals surface area contributed by atoms with Crippen LogP contribution in [0.2, 0.25) is 0 Å². The number of hydrogen-bond acceptors (Lipinski definition) is 5. The van der Waals surface area contributed by atoms with Crippen molar-refractivity contribution in [2.24, 2.45) is 0 Å². The number of aromatic nitrogens is 1. The van der Waals surface area contributed by atoms with Crippen molar-refractivity contribution in [1.29, 1.82) is 0 Å². The number of amides is 1. The van der Waals surface area contributed by atoms with Gasteiger partial charge in [-0.3, -0.25) is 14.7 Å². The molecule has 0 atom stereocenters. The average Bonchev–Trinajstić information content (AvgIpc) is 2.82. The molecule has 0 unspecified atom stereocenters. The van der Waals surface area contributed by atoms with E-state index in [0.29, 0.717) is 18.7 Å².